The van der Waals surface area contributed by atoms with Gasteiger partial charge in [0, 0.05) is 18.6 Å². The maximum Gasteiger partial charge on any atom is 0.323 e. The molecule has 1 fully saturated rings. The number of ether oxygens (including phenoxy) is 1. The Hall–Kier alpha value is -0.650. The molecule has 0 aromatic rings. The van der Waals surface area contributed by atoms with Gasteiger partial charge in [0.05, 0.1) is 13.2 Å². The van der Waals surface area contributed by atoms with E-state index in [1.54, 1.807) is 0 Å². The molecule has 0 radical (unpaired) electrons. The molecular weight excluding hydrogens is 268 g/mol. The van der Waals surface area contributed by atoms with Gasteiger partial charge in [0.25, 0.3) is 0 Å². The number of carboxylic acid groups (broad SMARTS) is 1. The van der Waals surface area contributed by atoms with Crippen LogP contribution < -0.4 is 5.32 Å². The molecule has 1 aliphatic heterocycles. The summed E-state index contributed by atoms with van der Waals surface area (Å²) in [7, 11) is 0. The summed E-state index contributed by atoms with van der Waals surface area (Å²) in [6.45, 7) is 11.6. The van der Waals surface area contributed by atoms with Gasteiger partial charge in [-0.1, -0.05) is 13.8 Å². The summed E-state index contributed by atoms with van der Waals surface area (Å²) in [5.41, 5.74) is -0.790. The van der Waals surface area contributed by atoms with Crippen LogP contribution in [0.4, 0.5) is 0 Å². The van der Waals surface area contributed by atoms with Crippen LogP contribution in [-0.4, -0.2) is 59.9 Å². The normalized spacial score (nSPS) is 23.2. The molecule has 0 aromatic carbocycles. The zero-order valence-electron chi connectivity index (χ0n) is 14.0. The fourth-order valence-electron chi connectivity index (χ4n) is 3.17. The molecule has 5 nitrogen and oxygen atoms in total. The first-order valence-electron chi connectivity index (χ1n) is 8.28. The van der Waals surface area contributed by atoms with Crippen LogP contribution in [0.15, 0.2) is 0 Å². The molecule has 5 heteroatoms. The van der Waals surface area contributed by atoms with Crippen LogP contribution in [0.2, 0.25) is 0 Å². The molecule has 0 aromatic heterocycles. The minimum absolute atomic E-state index is 0.174. The lowest BCUT2D eigenvalue weighted by molar-refractivity contribution is -0.146. The van der Waals surface area contributed by atoms with Crippen molar-refractivity contribution in [2.45, 2.75) is 71.0 Å². The summed E-state index contributed by atoms with van der Waals surface area (Å²) in [5.74, 6) is -0.729. The molecule has 1 saturated heterocycles. The third kappa shape index (κ3) is 5.24. The van der Waals surface area contributed by atoms with Crippen molar-refractivity contribution >= 4 is 5.97 Å². The van der Waals surface area contributed by atoms with Gasteiger partial charge in [0.15, 0.2) is 0 Å². The highest BCUT2D eigenvalue weighted by molar-refractivity contribution is 5.78. The number of aliphatic carboxylic acids is 1. The van der Waals surface area contributed by atoms with Crippen LogP contribution in [0.25, 0.3) is 0 Å². The highest BCUT2D eigenvalue weighted by Crippen LogP contribution is 2.21. The van der Waals surface area contributed by atoms with Gasteiger partial charge in [-0.2, -0.15) is 0 Å². The second-order valence-electron chi connectivity index (χ2n) is 6.32. The first-order valence-corrected chi connectivity index (χ1v) is 8.28. The van der Waals surface area contributed by atoms with Crippen molar-refractivity contribution in [3.8, 4) is 0 Å². The Morgan fingerprint density at radius 1 is 1.48 bits per heavy atom. The molecule has 0 saturated carbocycles. The minimum atomic E-state index is -0.790. The third-order valence-electron chi connectivity index (χ3n) is 4.45. The van der Waals surface area contributed by atoms with Crippen molar-refractivity contribution in [2.75, 3.05) is 26.3 Å². The second-order valence-corrected chi connectivity index (χ2v) is 6.32. The summed E-state index contributed by atoms with van der Waals surface area (Å²) >= 11 is 0. The van der Waals surface area contributed by atoms with Crippen molar-refractivity contribution in [3.63, 3.8) is 0 Å². The van der Waals surface area contributed by atoms with Crippen molar-refractivity contribution in [1.29, 1.82) is 0 Å². The number of nitrogens with one attached hydrogen (secondary N) is 1. The Balaban J connectivity index is 2.54. The average Bonchev–Trinajstić information content (AvgIpc) is 2.45. The van der Waals surface area contributed by atoms with E-state index >= 15 is 0 Å². The first-order chi connectivity index (χ1) is 9.95. The predicted molar refractivity (Wildman–Crippen MR) is 84.6 cm³/mol. The van der Waals surface area contributed by atoms with Gasteiger partial charge in [-0.05, 0) is 46.1 Å². The number of morpholine rings is 1. The lowest BCUT2D eigenvalue weighted by Gasteiger charge is -2.36. The van der Waals surface area contributed by atoms with E-state index in [1.807, 2.05) is 20.8 Å². The van der Waals surface area contributed by atoms with Crippen molar-refractivity contribution in [3.05, 3.63) is 0 Å². The summed E-state index contributed by atoms with van der Waals surface area (Å²) < 4.78 is 5.51. The third-order valence-corrected chi connectivity index (χ3v) is 4.45. The van der Waals surface area contributed by atoms with Gasteiger partial charge in [-0.3, -0.25) is 15.0 Å². The van der Waals surface area contributed by atoms with E-state index < -0.39 is 11.5 Å². The van der Waals surface area contributed by atoms with Crippen LogP contribution in [0.1, 0.15) is 53.4 Å². The van der Waals surface area contributed by atoms with Gasteiger partial charge in [0.1, 0.15) is 5.54 Å². The van der Waals surface area contributed by atoms with Gasteiger partial charge in [0.2, 0.25) is 0 Å². The molecule has 21 heavy (non-hydrogen) atoms. The summed E-state index contributed by atoms with van der Waals surface area (Å²) in [6, 6.07) is 0.658. The monoisotopic (exact) mass is 300 g/mol. The Morgan fingerprint density at radius 3 is 2.71 bits per heavy atom. The number of rotatable bonds is 9. The molecule has 1 heterocycles. The largest absolute Gasteiger partial charge is 0.480 e. The summed E-state index contributed by atoms with van der Waals surface area (Å²) in [4.78, 5) is 14.1. The van der Waals surface area contributed by atoms with E-state index in [-0.39, 0.29) is 6.04 Å². The van der Waals surface area contributed by atoms with Crippen LogP contribution >= 0.6 is 0 Å². The molecule has 0 amide bonds. The van der Waals surface area contributed by atoms with Crippen LogP contribution in [0, 0.1) is 0 Å². The van der Waals surface area contributed by atoms with E-state index in [2.05, 4.69) is 17.1 Å². The highest BCUT2D eigenvalue weighted by atomic mass is 16.5. The van der Waals surface area contributed by atoms with E-state index in [9.17, 15) is 9.90 Å². The molecule has 0 bridgehead atoms. The summed E-state index contributed by atoms with van der Waals surface area (Å²) in [6.07, 6.45) is 3.27. The molecule has 1 rings (SSSR count). The molecule has 124 valence electrons. The number of carboxylic acids is 1. The lowest BCUT2D eigenvalue weighted by Crippen LogP contribution is -2.55. The summed E-state index contributed by atoms with van der Waals surface area (Å²) in [5, 5.41) is 12.9. The van der Waals surface area contributed by atoms with E-state index in [0.717, 1.165) is 39.1 Å². The number of carbonyl (C=O) groups is 1. The first kappa shape index (κ1) is 18.4. The molecule has 1 aliphatic rings. The fourth-order valence-corrected chi connectivity index (χ4v) is 3.17. The molecule has 0 spiro atoms. The van der Waals surface area contributed by atoms with Crippen molar-refractivity contribution in [2.24, 2.45) is 0 Å². The fraction of sp³-hybridized carbons (Fsp3) is 0.938. The quantitative estimate of drug-likeness (QED) is 0.683. The topological polar surface area (TPSA) is 61.8 Å². The molecular formula is C16H32N2O3. The Bertz CT molecular complexity index is 323. The Labute approximate surface area is 129 Å². The highest BCUT2D eigenvalue weighted by Gasteiger charge is 2.36. The molecule has 2 N–H and O–H groups in total. The lowest BCUT2D eigenvalue weighted by atomic mass is 9.89. The number of hydrogen-bond acceptors (Lipinski definition) is 4. The SMILES string of the molecule is CCC1COCCN1CCCC(CC)(NC(C)C)C(=O)O. The number of hydrogen-bond donors (Lipinski definition) is 2. The minimum Gasteiger partial charge on any atom is -0.480 e. The Kier molecular flexibility index (Phi) is 7.63. The molecule has 2 unspecified atom stereocenters. The smallest absolute Gasteiger partial charge is 0.323 e. The van der Waals surface area contributed by atoms with Crippen molar-refractivity contribution < 1.29 is 14.6 Å². The molecule has 2 atom stereocenters. The van der Waals surface area contributed by atoms with E-state index in [1.165, 1.54) is 0 Å². The maximum absolute atomic E-state index is 11.7. The zero-order chi connectivity index (χ0) is 15.9. The number of nitrogens with zero attached hydrogens (tertiary/aromatic N) is 1. The Morgan fingerprint density at radius 2 is 2.19 bits per heavy atom. The maximum atomic E-state index is 11.7. The van der Waals surface area contributed by atoms with Gasteiger partial charge in [-0.15, -0.1) is 0 Å². The van der Waals surface area contributed by atoms with Crippen molar-refractivity contribution in [1.82, 2.24) is 10.2 Å². The van der Waals surface area contributed by atoms with Gasteiger partial charge < -0.3 is 9.84 Å². The zero-order valence-corrected chi connectivity index (χ0v) is 14.0. The van der Waals surface area contributed by atoms with Crippen LogP contribution in [0.5, 0.6) is 0 Å². The standard InChI is InChI=1S/C16H32N2O3/c1-5-14-12-21-11-10-18(14)9-7-8-16(6-2,15(19)20)17-13(3)4/h13-14,17H,5-12H2,1-4H3,(H,19,20). The average molecular weight is 300 g/mol. The van der Waals surface area contributed by atoms with Gasteiger partial charge >= 0.3 is 5.97 Å². The predicted octanol–water partition coefficient (Wildman–Crippen LogP) is 2.11. The van der Waals surface area contributed by atoms with Gasteiger partial charge in [-0.25, -0.2) is 0 Å². The molecule has 0 aliphatic carbocycles. The van der Waals surface area contributed by atoms with Crippen LogP contribution in [0.3, 0.4) is 0 Å². The van der Waals surface area contributed by atoms with Crippen LogP contribution in [-0.2, 0) is 9.53 Å². The van der Waals surface area contributed by atoms with E-state index in [4.69, 9.17) is 4.74 Å². The second kappa shape index (κ2) is 8.71. The van der Waals surface area contributed by atoms with E-state index in [0.29, 0.717) is 18.9 Å².